The van der Waals surface area contributed by atoms with Crippen molar-refractivity contribution in [2.45, 2.75) is 25.8 Å². The number of carbonyl (C=O) groups excluding carboxylic acids is 1. The van der Waals surface area contributed by atoms with Crippen LogP contribution in [0.5, 0.6) is 0 Å². The molecule has 5 N–H and O–H groups in total. The number of amides is 1. The van der Waals surface area contributed by atoms with Gasteiger partial charge in [-0.25, -0.2) is 5.84 Å². The molecule has 2 atom stereocenters. The first-order chi connectivity index (χ1) is 9.92. The van der Waals surface area contributed by atoms with Crippen LogP contribution in [-0.2, 0) is 4.79 Å². The summed E-state index contributed by atoms with van der Waals surface area (Å²) >= 11 is 0. The first-order valence-electron chi connectivity index (χ1n) is 6.88. The van der Waals surface area contributed by atoms with Crippen molar-refractivity contribution in [3.63, 3.8) is 0 Å². The Bertz CT molecular complexity index is 520. The van der Waals surface area contributed by atoms with Gasteiger partial charge in [0, 0.05) is 26.7 Å². The molecule has 2 rings (SSSR count). The van der Waals surface area contributed by atoms with Crippen LogP contribution in [0.2, 0.25) is 0 Å². The van der Waals surface area contributed by atoms with Crippen molar-refractivity contribution in [3.05, 3.63) is 0 Å². The van der Waals surface area contributed by atoms with Crippen molar-refractivity contribution in [1.82, 2.24) is 15.0 Å². The summed E-state index contributed by atoms with van der Waals surface area (Å²) in [5, 5.41) is 0. The topological polar surface area (TPSA) is 126 Å². The summed E-state index contributed by atoms with van der Waals surface area (Å²) in [7, 11) is 3.68. The van der Waals surface area contributed by atoms with E-state index in [1.54, 1.807) is 4.90 Å². The fraction of sp³-hybridized carbons (Fsp3) is 0.667. The maximum atomic E-state index is 11.4. The lowest BCUT2D eigenvalue weighted by molar-refractivity contribution is -0.122. The maximum absolute atomic E-state index is 11.4. The predicted octanol–water partition coefficient (Wildman–Crippen LogP) is -0.687. The average Bonchev–Trinajstić information content (AvgIpc) is 2.46. The molecule has 1 aliphatic rings. The number of hydrogen-bond donors (Lipinski definition) is 3. The van der Waals surface area contributed by atoms with Crippen LogP contribution in [0, 0.1) is 5.92 Å². The molecule has 1 aliphatic heterocycles. The minimum atomic E-state index is -0.286. The van der Waals surface area contributed by atoms with Gasteiger partial charge >= 0.3 is 0 Å². The highest BCUT2D eigenvalue weighted by Crippen LogP contribution is 2.26. The van der Waals surface area contributed by atoms with Gasteiger partial charge < -0.3 is 15.5 Å². The molecule has 0 aromatic carbocycles. The highest BCUT2D eigenvalue weighted by molar-refractivity contribution is 5.77. The first-order valence-corrected chi connectivity index (χ1v) is 6.88. The van der Waals surface area contributed by atoms with E-state index in [-0.39, 0.29) is 23.8 Å². The molecule has 2 unspecified atom stereocenters. The molecule has 1 amide bonds. The van der Waals surface area contributed by atoms with Gasteiger partial charge in [-0.05, 0) is 19.8 Å². The van der Waals surface area contributed by atoms with Crippen LogP contribution >= 0.6 is 0 Å². The Morgan fingerprint density at radius 2 is 2.05 bits per heavy atom. The van der Waals surface area contributed by atoms with Crippen molar-refractivity contribution in [2.24, 2.45) is 17.5 Å². The van der Waals surface area contributed by atoms with Crippen LogP contribution in [0.25, 0.3) is 0 Å². The third kappa shape index (κ3) is 3.30. The van der Waals surface area contributed by atoms with Crippen LogP contribution in [0.15, 0.2) is 0 Å². The van der Waals surface area contributed by atoms with Gasteiger partial charge in [0.2, 0.25) is 23.8 Å². The van der Waals surface area contributed by atoms with E-state index >= 15 is 0 Å². The predicted molar refractivity (Wildman–Crippen MR) is 80.7 cm³/mol. The zero-order valence-corrected chi connectivity index (χ0v) is 12.6. The summed E-state index contributed by atoms with van der Waals surface area (Å²) in [6.45, 7) is 2.59. The van der Waals surface area contributed by atoms with Gasteiger partial charge in [-0.15, -0.1) is 0 Å². The van der Waals surface area contributed by atoms with Crippen molar-refractivity contribution >= 4 is 23.8 Å². The summed E-state index contributed by atoms with van der Waals surface area (Å²) < 4.78 is 0. The molecule has 1 aromatic heterocycles. The van der Waals surface area contributed by atoms with Gasteiger partial charge in [-0.3, -0.25) is 10.2 Å². The number of anilines is 3. The number of hydrogen-bond acceptors (Lipinski definition) is 8. The van der Waals surface area contributed by atoms with Crippen molar-refractivity contribution in [2.75, 3.05) is 35.9 Å². The molecule has 9 nitrogen and oxygen atoms in total. The molecule has 9 heteroatoms. The van der Waals surface area contributed by atoms with E-state index < -0.39 is 0 Å². The van der Waals surface area contributed by atoms with E-state index in [9.17, 15) is 4.79 Å². The number of primary amides is 1. The van der Waals surface area contributed by atoms with Crippen LogP contribution in [0.3, 0.4) is 0 Å². The monoisotopic (exact) mass is 294 g/mol. The molecular formula is C12H22N8O. The quantitative estimate of drug-likeness (QED) is 0.492. The molecule has 1 fully saturated rings. The number of nitrogen functional groups attached to an aromatic ring is 1. The number of nitrogens with zero attached hydrogens (tertiary/aromatic N) is 5. The van der Waals surface area contributed by atoms with E-state index in [2.05, 4.69) is 27.3 Å². The second-order valence-corrected chi connectivity index (χ2v) is 5.48. The average molecular weight is 294 g/mol. The Morgan fingerprint density at radius 1 is 1.33 bits per heavy atom. The number of hydrazine groups is 1. The summed E-state index contributed by atoms with van der Waals surface area (Å²) in [4.78, 5) is 28.1. The van der Waals surface area contributed by atoms with Crippen molar-refractivity contribution < 1.29 is 4.79 Å². The number of piperidine rings is 1. The zero-order chi connectivity index (χ0) is 15.6. The normalized spacial score (nSPS) is 22.0. The van der Waals surface area contributed by atoms with E-state index in [4.69, 9.17) is 11.6 Å². The lowest BCUT2D eigenvalue weighted by atomic mass is 9.93. The molecule has 0 aliphatic carbocycles. The highest BCUT2D eigenvalue weighted by atomic mass is 16.1. The highest BCUT2D eigenvalue weighted by Gasteiger charge is 2.30. The first kappa shape index (κ1) is 15.2. The van der Waals surface area contributed by atoms with E-state index in [1.807, 2.05) is 19.0 Å². The van der Waals surface area contributed by atoms with Crippen LogP contribution in [0.4, 0.5) is 17.8 Å². The van der Waals surface area contributed by atoms with Crippen molar-refractivity contribution in [3.8, 4) is 0 Å². The SMILES string of the molecule is CC1CCC(C(N)=O)CN1c1nc(NN)nc(N(C)C)n1. The molecule has 0 radical (unpaired) electrons. The molecule has 1 aromatic rings. The maximum Gasteiger partial charge on any atom is 0.243 e. The third-order valence-corrected chi connectivity index (χ3v) is 3.68. The number of nitrogens with one attached hydrogen (secondary N) is 1. The minimum absolute atomic E-state index is 0.185. The van der Waals surface area contributed by atoms with Gasteiger partial charge in [0.05, 0.1) is 5.92 Å². The van der Waals surface area contributed by atoms with Gasteiger partial charge in [0.15, 0.2) is 0 Å². The van der Waals surface area contributed by atoms with Crippen molar-refractivity contribution in [1.29, 1.82) is 0 Å². The van der Waals surface area contributed by atoms with Gasteiger partial charge in [0.25, 0.3) is 0 Å². The number of carbonyl (C=O) groups is 1. The largest absolute Gasteiger partial charge is 0.369 e. The summed E-state index contributed by atoms with van der Waals surface area (Å²) in [6, 6.07) is 0.226. The lowest BCUT2D eigenvalue weighted by Gasteiger charge is -2.37. The van der Waals surface area contributed by atoms with Crippen LogP contribution in [-0.4, -0.2) is 47.5 Å². The molecule has 0 saturated carbocycles. The smallest absolute Gasteiger partial charge is 0.243 e. The summed E-state index contributed by atoms with van der Waals surface area (Å²) in [5.74, 6) is 6.23. The Kier molecular flexibility index (Phi) is 4.41. The molecule has 2 heterocycles. The van der Waals surface area contributed by atoms with Crippen LogP contribution in [0.1, 0.15) is 19.8 Å². The Labute approximate surface area is 123 Å². The minimum Gasteiger partial charge on any atom is -0.369 e. The Morgan fingerprint density at radius 3 is 2.62 bits per heavy atom. The summed E-state index contributed by atoms with van der Waals surface area (Å²) in [6.07, 6.45) is 1.66. The lowest BCUT2D eigenvalue weighted by Crippen LogP contribution is -2.46. The Balaban J connectivity index is 2.34. The second kappa shape index (κ2) is 6.08. The van der Waals surface area contributed by atoms with E-state index in [1.165, 1.54) is 0 Å². The Hall–Kier alpha value is -2.16. The molecule has 1 saturated heterocycles. The van der Waals surface area contributed by atoms with Gasteiger partial charge in [0.1, 0.15) is 0 Å². The fourth-order valence-electron chi connectivity index (χ4n) is 2.36. The fourth-order valence-corrected chi connectivity index (χ4v) is 2.36. The second-order valence-electron chi connectivity index (χ2n) is 5.48. The number of rotatable bonds is 4. The molecule has 116 valence electrons. The zero-order valence-electron chi connectivity index (χ0n) is 12.6. The summed E-state index contributed by atoms with van der Waals surface area (Å²) in [5.41, 5.74) is 7.87. The van der Waals surface area contributed by atoms with E-state index in [0.717, 1.165) is 12.8 Å². The molecule has 0 spiro atoms. The molecule has 0 bridgehead atoms. The van der Waals surface area contributed by atoms with E-state index in [0.29, 0.717) is 18.4 Å². The van der Waals surface area contributed by atoms with Gasteiger partial charge in [-0.2, -0.15) is 15.0 Å². The standard InChI is InChI=1S/C12H22N8O/c1-7-4-5-8(9(13)21)6-20(7)12-16-10(18-14)15-11(17-12)19(2)3/h7-8H,4-6,14H2,1-3H3,(H2,13,21)(H,15,16,17,18). The molecular weight excluding hydrogens is 272 g/mol. The number of aromatic nitrogens is 3. The van der Waals surface area contributed by atoms with Gasteiger partial charge in [-0.1, -0.05) is 0 Å². The third-order valence-electron chi connectivity index (χ3n) is 3.68. The van der Waals surface area contributed by atoms with Crippen LogP contribution < -0.4 is 26.8 Å². The number of nitrogens with two attached hydrogens (primary N) is 2. The molecule has 21 heavy (non-hydrogen) atoms.